The molecule has 0 aliphatic rings. The standard InChI is InChI=1S/C19H23N3O5S/c1-4-18(19(23)20-14(2)15-9-6-5-7-10-15)21(28(3,26)27)16-11-8-12-17(13-16)22(24)25/h5-14,18H,4H2,1-3H3,(H,20,23)/t14-,18?/m1/s1. The second kappa shape index (κ2) is 8.83. The minimum atomic E-state index is -3.87. The lowest BCUT2D eigenvalue weighted by Crippen LogP contribution is -2.49. The fourth-order valence-corrected chi connectivity index (χ4v) is 4.14. The van der Waals surface area contributed by atoms with Crippen molar-refractivity contribution in [3.05, 3.63) is 70.3 Å². The zero-order chi connectivity index (χ0) is 20.9. The van der Waals surface area contributed by atoms with Crippen LogP contribution in [0, 0.1) is 10.1 Å². The Kier molecular flexibility index (Phi) is 6.74. The summed E-state index contributed by atoms with van der Waals surface area (Å²) >= 11 is 0. The zero-order valence-electron chi connectivity index (χ0n) is 15.9. The number of nitro benzene ring substituents is 1. The van der Waals surface area contributed by atoms with E-state index in [9.17, 15) is 23.3 Å². The summed E-state index contributed by atoms with van der Waals surface area (Å²) in [5, 5.41) is 13.9. The summed E-state index contributed by atoms with van der Waals surface area (Å²) in [6, 6.07) is 13.2. The van der Waals surface area contributed by atoms with Crippen LogP contribution in [0.1, 0.15) is 31.9 Å². The molecule has 0 saturated heterocycles. The number of benzene rings is 2. The van der Waals surface area contributed by atoms with Gasteiger partial charge in [-0.1, -0.05) is 43.3 Å². The van der Waals surface area contributed by atoms with E-state index in [-0.39, 0.29) is 23.8 Å². The molecule has 9 heteroatoms. The van der Waals surface area contributed by atoms with Gasteiger partial charge in [0.2, 0.25) is 15.9 Å². The van der Waals surface area contributed by atoms with Crippen LogP contribution in [0.5, 0.6) is 0 Å². The maximum atomic E-state index is 12.9. The molecule has 1 N–H and O–H groups in total. The van der Waals surface area contributed by atoms with Crippen LogP contribution in [0.25, 0.3) is 0 Å². The quantitative estimate of drug-likeness (QED) is 0.536. The van der Waals surface area contributed by atoms with Gasteiger partial charge in [0, 0.05) is 12.1 Å². The Morgan fingerprint density at radius 1 is 1.18 bits per heavy atom. The van der Waals surface area contributed by atoms with E-state index in [1.807, 2.05) is 30.3 Å². The third-order valence-electron chi connectivity index (χ3n) is 4.28. The molecule has 0 aromatic heterocycles. The van der Waals surface area contributed by atoms with Crippen LogP contribution < -0.4 is 9.62 Å². The molecular formula is C19H23N3O5S. The summed E-state index contributed by atoms with van der Waals surface area (Å²) in [7, 11) is -3.87. The number of hydrogen-bond acceptors (Lipinski definition) is 5. The Balaban J connectivity index is 2.37. The molecule has 0 radical (unpaired) electrons. The molecule has 0 fully saturated rings. The molecule has 2 atom stereocenters. The predicted octanol–water partition coefficient (Wildman–Crippen LogP) is 3.02. The van der Waals surface area contributed by atoms with Gasteiger partial charge < -0.3 is 5.32 Å². The Bertz CT molecular complexity index is 947. The molecule has 0 aliphatic carbocycles. The smallest absolute Gasteiger partial charge is 0.271 e. The van der Waals surface area contributed by atoms with Crippen LogP contribution in [0.2, 0.25) is 0 Å². The first-order chi connectivity index (χ1) is 13.1. The van der Waals surface area contributed by atoms with Crippen LogP contribution in [0.4, 0.5) is 11.4 Å². The van der Waals surface area contributed by atoms with Gasteiger partial charge in [-0.05, 0) is 25.0 Å². The number of nitro groups is 1. The van der Waals surface area contributed by atoms with Crippen molar-refractivity contribution in [3.63, 3.8) is 0 Å². The molecule has 150 valence electrons. The Morgan fingerprint density at radius 3 is 2.36 bits per heavy atom. The summed E-state index contributed by atoms with van der Waals surface area (Å²) in [6.07, 6.45) is 1.17. The van der Waals surface area contributed by atoms with Crippen molar-refractivity contribution in [3.8, 4) is 0 Å². The Hall–Kier alpha value is -2.94. The highest BCUT2D eigenvalue weighted by atomic mass is 32.2. The van der Waals surface area contributed by atoms with E-state index < -0.39 is 26.9 Å². The van der Waals surface area contributed by atoms with Gasteiger partial charge in [0.25, 0.3) is 5.69 Å². The largest absolute Gasteiger partial charge is 0.348 e. The lowest BCUT2D eigenvalue weighted by Gasteiger charge is -2.31. The topological polar surface area (TPSA) is 110 Å². The molecule has 0 bridgehead atoms. The lowest BCUT2D eigenvalue weighted by atomic mass is 10.1. The normalized spacial score (nSPS) is 13.4. The fourth-order valence-electron chi connectivity index (χ4n) is 2.94. The maximum Gasteiger partial charge on any atom is 0.271 e. The molecule has 1 amide bonds. The summed E-state index contributed by atoms with van der Waals surface area (Å²) in [5.74, 6) is -0.476. The summed E-state index contributed by atoms with van der Waals surface area (Å²) in [5.41, 5.74) is 0.706. The van der Waals surface area contributed by atoms with E-state index >= 15 is 0 Å². The zero-order valence-corrected chi connectivity index (χ0v) is 16.7. The van der Waals surface area contributed by atoms with Crippen molar-refractivity contribution in [2.45, 2.75) is 32.4 Å². The average Bonchev–Trinajstić information content (AvgIpc) is 2.65. The van der Waals surface area contributed by atoms with Gasteiger partial charge in [-0.25, -0.2) is 8.42 Å². The van der Waals surface area contributed by atoms with Gasteiger partial charge in [0.15, 0.2) is 0 Å². The second-order valence-corrected chi connectivity index (χ2v) is 8.26. The van der Waals surface area contributed by atoms with Crippen molar-refractivity contribution >= 4 is 27.3 Å². The number of non-ortho nitro benzene ring substituents is 1. The fraction of sp³-hybridized carbons (Fsp3) is 0.316. The molecule has 0 heterocycles. The minimum absolute atomic E-state index is 0.0751. The van der Waals surface area contributed by atoms with Crippen molar-refractivity contribution in [1.29, 1.82) is 0 Å². The number of anilines is 1. The molecule has 8 nitrogen and oxygen atoms in total. The monoisotopic (exact) mass is 405 g/mol. The molecular weight excluding hydrogens is 382 g/mol. The minimum Gasteiger partial charge on any atom is -0.348 e. The van der Waals surface area contributed by atoms with Crippen LogP contribution >= 0.6 is 0 Å². The van der Waals surface area contributed by atoms with Crippen molar-refractivity contribution in [1.82, 2.24) is 5.32 Å². The predicted molar refractivity (Wildman–Crippen MR) is 107 cm³/mol. The van der Waals surface area contributed by atoms with E-state index in [0.29, 0.717) is 0 Å². The highest BCUT2D eigenvalue weighted by molar-refractivity contribution is 7.92. The van der Waals surface area contributed by atoms with Crippen LogP contribution in [-0.4, -0.2) is 31.5 Å². The van der Waals surface area contributed by atoms with Crippen LogP contribution in [0.3, 0.4) is 0 Å². The van der Waals surface area contributed by atoms with Crippen LogP contribution in [-0.2, 0) is 14.8 Å². The van der Waals surface area contributed by atoms with Gasteiger partial charge in [-0.3, -0.25) is 19.2 Å². The van der Waals surface area contributed by atoms with E-state index in [1.54, 1.807) is 13.8 Å². The Labute approximate surface area is 164 Å². The SMILES string of the molecule is CCC(C(=O)N[C@H](C)c1ccccc1)N(c1cccc([N+](=O)[O-])c1)S(C)(=O)=O. The number of nitrogens with one attached hydrogen (secondary N) is 1. The second-order valence-electron chi connectivity index (χ2n) is 6.40. The number of rotatable bonds is 8. The average molecular weight is 405 g/mol. The first kappa shape index (κ1) is 21.4. The summed E-state index contributed by atoms with van der Waals surface area (Å²) in [4.78, 5) is 23.3. The third kappa shape index (κ3) is 5.07. The maximum absolute atomic E-state index is 12.9. The number of nitrogens with zero attached hydrogens (tertiary/aromatic N) is 2. The molecule has 1 unspecified atom stereocenters. The van der Waals surface area contributed by atoms with E-state index in [4.69, 9.17) is 0 Å². The molecule has 2 aromatic carbocycles. The number of sulfonamides is 1. The lowest BCUT2D eigenvalue weighted by molar-refractivity contribution is -0.384. The van der Waals surface area contributed by atoms with Gasteiger partial charge in [-0.15, -0.1) is 0 Å². The molecule has 0 aliphatic heterocycles. The molecule has 28 heavy (non-hydrogen) atoms. The molecule has 2 rings (SSSR count). The van der Waals surface area contributed by atoms with Gasteiger partial charge in [0.05, 0.1) is 22.9 Å². The molecule has 0 saturated carbocycles. The van der Waals surface area contributed by atoms with Crippen LogP contribution in [0.15, 0.2) is 54.6 Å². The van der Waals surface area contributed by atoms with Gasteiger partial charge >= 0.3 is 0 Å². The number of hydrogen-bond donors (Lipinski definition) is 1. The molecule has 2 aromatic rings. The number of carbonyl (C=O) groups excluding carboxylic acids is 1. The van der Waals surface area contributed by atoms with Crippen molar-refractivity contribution in [2.24, 2.45) is 0 Å². The van der Waals surface area contributed by atoms with E-state index in [0.717, 1.165) is 22.2 Å². The highest BCUT2D eigenvalue weighted by Crippen LogP contribution is 2.27. The van der Waals surface area contributed by atoms with Crippen molar-refractivity contribution in [2.75, 3.05) is 10.6 Å². The van der Waals surface area contributed by atoms with E-state index in [2.05, 4.69) is 5.32 Å². The third-order valence-corrected chi connectivity index (χ3v) is 5.46. The molecule has 0 spiro atoms. The number of amides is 1. The summed E-state index contributed by atoms with van der Waals surface area (Å²) < 4.78 is 25.8. The number of carbonyl (C=O) groups is 1. The Morgan fingerprint density at radius 2 is 1.82 bits per heavy atom. The van der Waals surface area contributed by atoms with Gasteiger partial charge in [0.1, 0.15) is 6.04 Å². The van der Waals surface area contributed by atoms with E-state index in [1.165, 1.54) is 18.2 Å². The summed E-state index contributed by atoms with van der Waals surface area (Å²) in [6.45, 7) is 3.49. The first-order valence-electron chi connectivity index (χ1n) is 8.74. The first-order valence-corrected chi connectivity index (χ1v) is 10.6. The van der Waals surface area contributed by atoms with Gasteiger partial charge in [-0.2, -0.15) is 0 Å². The highest BCUT2D eigenvalue weighted by Gasteiger charge is 2.32. The van der Waals surface area contributed by atoms with Crippen molar-refractivity contribution < 1.29 is 18.1 Å².